The average Bonchev–Trinajstić information content (AvgIpc) is 2.85. The lowest BCUT2D eigenvalue weighted by Crippen LogP contribution is -2.45. The molecule has 0 bridgehead atoms. The van der Waals surface area contributed by atoms with Gasteiger partial charge in [0.1, 0.15) is 0 Å². The summed E-state index contributed by atoms with van der Waals surface area (Å²) in [5, 5.41) is 0. The summed E-state index contributed by atoms with van der Waals surface area (Å²) in [7, 11) is 2.10. The fourth-order valence-electron chi connectivity index (χ4n) is 2.47. The SMILES string of the molecule is CN1C[C@@H](CN)OC[C@@H]1c1ccc2c(c1)OCO2. The minimum absolute atomic E-state index is 0.139. The van der Waals surface area contributed by atoms with E-state index in [0.29, 0.717) is 19.9 Å². The Kier molecular flexibility index (Phi) is 3.11. The third-order valence-electron chi connectivity index (χ3n) is 3.56. The molecule has 5 nitrogen and oxygen atoms in total. The first kappa shape index (κ1) is 11.8. The number of rotatable bonds is 2. The third kappa shape index (κ3) is 2.05. The largest absolute Gasteiger partial charge is 0.454 e. The van der Waals surface area contributed by atoms with E-state index in [-0.39, 0.29) is 12.1 Å². The number of likely N-dealkylation sites (N-methyl/N-ethyl adjacent to an activating group) is 1. The molecule has 0 spiro atoms. The lowest BCUT2D eigenvalue weighted by atomic mass is 10.0. The van der Waals surface area contributed by atoms with Crippen molar-refractivity contribution in [1.82, 2.24) is 4.90 Å². The summed E-state index contributed by atoms with van der Waals surface area (Å²) in [6.07, 6.45) is 0.139. The van der Waals surface area contributed by atoms with Crippen LogP contribution in [0.4, 0.5) is 0 Å². The van der Waals surface area contributed by atoms with Crippen LogP contribution < -0.4 is 15.2 Å². The molecule has 0 aliphatic carbocycles. The fourth-order valence-corrected chi connectivity index (χ4v) is 2.47. The predicted molar refractivity (Wildman–Crippen MR) is 66.7 cm³/mol. The van der Waals surface area contributed by atoms with Crippen LogP contribution >= 0.6 is 0 Å². The Balaban J connectivity index is 1.78. The van der Waals surface area contributed by atoms with Crippen molar-refractivity contribution in [2.75, 3.05) is 33.5 Å². The van der Waals surface area contributed by atoms with E-state index >= 15 is 0 Å². The molecule has 1 fully saturated rings. The van der Waals surface area contributed by atoms with Crippen molar-refractivity contribution in [2.24, 2.45) is 5.73 Å². The molecule has 98 valence electrons. The number of nitrogens with zero attached hydrogens (tertiary/aromatic N) is 1. The lowest BCUT2D eigenvalue weighted by Gasteiger charge is -2.37. The Morgan fingerprint density at radius 2 is 2.17 bits per heavy atom. The van der Waals surface area contributed by atoms with Gasteiger partial charge in [-0.15, -0.1) is 0 Å². The Hall–Kier alpha value is -1.30. The second-order valence-electron chi connectivity index (χ2n) is 4.76. The molecule has 0 aromatic heterocycles. The van der Waals surface area contributed by atoms with E-state index in [1.54, 1.807) is 0 Å². The monoisotopic (exact) mass is 250 g/mol. The normalized spacial score (nSPS) is 27.4. The summed E-state index contributed by atoms with van der Waals surface area (Å²) >= 11 is 0. The second kappa shape index (κ2) is 4.76. The van der Waals surface area contributed by atoms with Crippen molar-refractivity contribution < 1.29 is 14.2 Å². The zero-order valence-corrected chi connectivity index (χ0v) is 10.5. The van der Waals surface area contributed by atoms with Crippen LogP contribution in [0, 0.1) is 0 Å². The molecule has 18 heavy (non-hydrogen) atoms. The summed E-state index contributed by atoms with van der Waals surface area (Å²) in [4.78, 5) is 2.28. The number of hydrogen-bond donors (Lipinski definition) is 1. The molecule has 1 aromatic carbocycles. The molecule has 2 atom stereocenters. The molecule has 0 radical (unpaired) electrons. The molecule has 0 amide bonds. The van der Waals surface area contributed by atoms with Crippen LogP contribution in [0.1, 0.15) is 11.6 Å². The molecular formula is C13H18N2O3. The van der Waals surface area contributed by atoms with Gasteiger partial charge < -0.3 is 19.9 Å². The Labute approximate surface area is 106 Å². The molecule has 2 aliphatic heterocycles. The van der Waals surface area contributed by atoms with E-state index in [9.17, 15) is 0 Å². The lowest BCUT2D eigenvalue weighted by molar-refractivity contribution is -0.0499. The quantitative estimate of drug-likeness (QED) is 0.839. The number of fused-ring (bicyclic) bond motifs is 1. The molecule has 3 rings (SSSR count). The van der Waals surface area contributed by atoms with E-state index in [2.05, 4.69) is 18.0 Å². The van der Waals surface area contributed by atoms with Crippen LogP contribution in [0.2, 0.25) is 0 Å². The standard InChI is InChI=1S/C13H18N2O3/c1-15-6-10(5-14)16-7-11(15)9-2-3-12-13(4-9)18-8-17-12/h2-4,10-11H,5-8,14H2,1H3/t10-,11-/m1/s1. The summed E-state index contributed by atoms with van der Waals surface area (Å²) in [6, 6.07) is 6.32. The van der Waals surface area contributed by atoms with E-state index < -0.39 is 0 Å². The number of nitrogens with two attached hydrogens (primary N) is 1. The maximum atomic E-state index is 5.75. The van der Waals surface area contributed by atoms with Crippen LogP contribution in [0.3, 0.4) is 0 Å². The van der Waals surface area contributed by atoms with Crippen molar-refractivity contribution in [3.8, 4) is 11.5 Å². The molecule has 5 heteroatoms. The van der Waals surface area contributed by atoms with Gasteiger partial charge in [0.25, 0.3) is 0 Å². The maximum Gasteiger partial charge on any atom is 0.231 e. The molecule has 0 unspecified atom stereocenters. The zero-order chi connectivity index (χ0) is 12.5. The van der Waals surface area contributed by atoms with Crippen LogP contribution in [-0.4, -0.2) is 44.5 Å². The van der Waals surface area contributed by atoms with Crippen molar-refractivity contribution in [1.29, 1.82) is 0 Å². The van der Waals surface area contributed by atoms with Gasteiger partial charge in [-0.25, -0.2) is 0 Å². The highest BCUT2D eigenvalue weighted by Crippen LogP contribution is 2.36. The molecule has 2 heterocycles. The average molecular weight is 250 g/mol. The highest BCUT2D eigenvalue weighted by molar-refractivity contribution is 5.45. The van der Waals surface area contributed by atoms with Crippen LogP contribution in [0.15, 0.2) is 18.2 Å². The zero-order valence-electron chi connectivity index (χ0n) is 10.5. The number of ether oxygens (including phenoxy) is 3. The highest BCUT2D eigenvalue weighted by Gasteiger charge is 2.27. The minimum atomic E-state index is 0.139. The van der Waals surface area contributed by atoms with Crippen molar-refractivity contribution in [3.63, 3.8) is 0 Å². The van der Waals surface area contributed by atoms with Crippen LogP contribution in [0.25, 0.3) is 0 Å². The molecular weight excluding hydrogens is 232 g/mol. The highest BCUT2D eigenvalue weighted by atomic mass is 16.7. The minimum Gasteiger partial charge on any atom is -0.454 e. The Bertz CT molecular complexity index is 438. The number of morpholine rings is 1. The van der Waals surface area contributed by atoms with Gasteiger partial charge in [-0.3, -0.25) is 4.90 Å². The number of benzene rings is 1. The van der Waals surface area contributed by atoms with Crippen molar-refractivity contribution in [3.05, 3.63) is 23.8 Å². The maximum absolute atomic E-state index is 5.75. The van der Waals surface area contributed by atoms with E-state index in [0.717, 1.165) is 18.0 Å². The summed E-state index contributed by atoms with van der Waals surface area (Å²) in [5.74, 6) is 1.64. The molecule has 1 aromatic rings. The topological polar surface area (TPSA) is 57.0 Å². The summed E-state index contributed by atoms with van der Waals surface area (Å²) in [6.45, 7) is 2.40. The smallest absolute Gasteiger partial charge is 0.231 e. The van der Waals surface area contributed by atoms with Gasteiger partial charge in [0.15, 0.2) is 11.5 Å². The molecule has 2 aliphatic rings. The van der Waals surface area contributed by atoms with Gasteiger partial charge in [-0.05, 0) is 24.7 Å². The first-order chi connectivity index (χ1) is 8.78. The fraction of sp³-hybridized carbons (Fsp3) is 0.538. The van der Waals surface area contributed by atoms with Gasteiger partial charge in [-0.1, -0.05) is 6.07 Å². The van der Waals surface area contributed by atoms with Gasteiger partial charge >= 0.3 is 0 Å². The summed E-state index contributed by atoms with van der Waals surface area (Å²) in [5.41, 5.74) is 6.83. The van der Waals surface area contributed by atoms with Crippen LogP contribution in [0.5, 0.6) is 11.5 Å². The third-order valence-corrected chi connectivity index (χ3v) is 3.56. The van der Waals surface area contributed by atoms with Gasteiger partial charge in [0, 0.05) is 13.1 Å². The molecule has 1 saturated heterocycles. The molecule has 2 N–H and O–H groups in total. The van der Waals surface area contributed by atoms with Gasteiger partial charge in [0.2, 0.25) is 6.79 Å². The predicted octanol–water partition coefficient (Wildman–Crippen LogP) is 0.746. The Morgan fingerprint density at radius 1 is 1.33 bits per heavy atom. The van der Waals surface area contributed by atoms with E-state index in [4.69, 9.17) is 19.9 Å². The van der Waals surface area contributed by atoms with E-state index in [1.165, 1.54) is 5.56 Å². The van der Waals surface area contributed by atoms with Crippen LogP contribution in [-0.2, 0) is 4.74 Å². The van der Waals surface area contributed by atoms with E-state index in [1.807, 2.05) is 12.1 Å². The number of hydrogen-bond acceptors (Lipinski definition) is 5. The molecule has 0 saturated carbocycles. The van der Waals surface area contributed by atoms with Crippen molar-refractivity contribution in [2.45, 2.75) is 12.1 Å². The first-order valence-electron chi connectivity index (χ1n) is 6.19. The first-order valence-corrected chi connectivity index (χ1v) is 6.19. The van der Waals surface area contributed by atoms with Gasteiger partial charge in [0.05, 0.1) is 18.8 Å². The Morgan fingerprint density at radius 3 is 2.94 bits per heavy atom. The summed E-state index contributed by atoms with van der Waals surface area (Å²) < 4.78 is 16.5. The van der Waals surface area contributed by atoms with Gasteiger partial charge in [-0.2, -0.15) is 0 Å². The second-order valence-corrected chi connectivity index (χ2v) is 4.76. The van der Waals surface area contributed by atoms with Crippen molar-refractivity contribution >= 4 is 0 Å².